The van der Waals surface area contributed by atoms with Crippen molar-refractivity contribution in [1.82, 2.24) is 15.5 Å². The average molecular weight is 511 g/mol. The van der Waals surface area contributed by atoms with Crippen LogP contribution >= 0.6 is 47.2 Å². The number of hydrogen-bond acceptors (Lipinski definition) is 3. The number of guanidine groups is 1. The Labute approximate surface area is 180 Å². The molecule has 0 spiro atoms. The van der Waals surface area contributed by atoms with Gasteiger partial charge in [0.15, 0.2) is 5.96 Å². The second-order valence-electron chi connectivity index (χ2n) is 5.36. The number of rotatable bonds is 6. The van der Waals surface area contributed by atoms with Crippen molar-refractivity contribution in [2.45, 2.75) is 13.1 Å². The van der Waals surface area contributed by atoms with E-state index in [1.165, 1.54) is 0 Å². The highest BCUT2D eigenvalue weighted by Crippen LogP contribution is 2.23. The van der Waals surface area contributed by atoms with E-state index in [1.54, 1.807) is 31.5 Å². The molecule has 1 heterocycles. The Morgan fingerprint density at radius 2 is 2.00 bits per heavy atom. The van der Waals surface area contributed by atoms with Gasteiger partial charge in [0, 0.05) is 20.6 Å². The number of hydrogen-bond donors (Lipinski definition) is 2. The topological polar surface area (TPSA) is 69.9 Å². The minimum absolute atomic E-state index is 0. The van der Waals surface area contributed by atoms with Gasteiger partial charge in [-0.15, -0.1) is 24.0 Å². The number of aliphatic imine (C=N–C) groups is 1. The van der Waals surface area contributed by atoms with Gasteiger partial charge in [-0.05, 0) is 29.8 Å². The van der Waals surface area contributed by atoms with E-state index in [0.29, 0.717) is 34.9 Å². The summed E-state index contributed by atoms with van der Waals surface area (Å²) in [5.74, 6) is 1.15. The van der Waals surface area contributed by atoms with Crippen LogP contribution in [0.5, 0.6) is 0 Å². The van der Waals surface area contributed by atoms with Crippen molar-refractivity contribution in [3.63, 3.8) is 0 Å². The Bertz CT molecular complexity index is 738. The van der Waals surface area contributed by atoms with Gasteiger partial charge in [-0.2, -0.15) is 0 Å². The van der Waals surface area contributed by atoms with Crippen molar-refractivity contribution >= 4 is 59.0 Å². The second-order valence-corrected chi connectivity index (χ2v) is 6.18. The Hall–Kier alpha value is -1.45. The molecule has 142 valence electrons. The molecule has 26 heavy (non-hydrogen) atoms. The number of amides is 1. The van der Waals surface area contributed by atoms with Crippen LogP contribution in [-0.2, 0) is 17.9 Å². The zero-order valence-corrected chi connectivity index (χ0v) is 18.3. The van der Waals surface area contributed by atoms with Crippen molar-refractivity contribution in [3.05, 3.63) is 58.0 Å². The van der Waals surface area contributed by atoms with E-state index in [2.05, 4.69) is 15.6 Å². The third-order valence-corrected chi connectivity index (χ3v) is 4.16. The van der Waals surface area contributed by atoms with Crippen molar-refractivity contribution in [3.8, 4) is 0 Å². The van der Waals surface area contributed by atoms with E-state index in [9.17, 15) is 4.79 Å². The zero-order chi connectivity index (χ0) is 18.2. The predicted molar refractivity (Wildman–Crippen MR) is 115 cm³/mol. The fourth-order valence-electron chi connectivity index (χ4n) is 2.19. The van der Waals surface area contributed by atoms with Gasteiger partial charge < -0.3 is 20.0 Å². The molecule has 0 fully saturated rings. The molecule has 9 heteroatoms. The summed E-state index contributed by atoms with van der Waals surface area (Å²) in [5, 5.41) is 6.81. The van der Waals surface area contributed by atoms with Gasteiger partial charge in [0.2, 0.25) is 5.91 Å². The first kappa shape index (κ1) is 22.6. The highest BCUT2D eigenvalue weighted by atomic mass is 127. The highest BCUT2D eigenvalue weighted by Gasteiger charge is 2.10. The average Bonchev–Trinajstić information content (AvgIpc) is 3.10. The lowest BCUT2D eigenvalue weighted by molar-refractivity contribution is -0.120. The standard InChI is InChI=1S/C17H20Cl2N4O2.HI/c1-20-17(22-10-16(24)21-9-13-4-3-7-25-13)23(2)11-12-5-6-14(18)15(19)8-12;/h3-8H,9-11H2,1-2H3,(H,20,22)(H,21,24);1H. The van der Waals surface area contributed by atoms with E-state index in [-0.39, 0.29) is 36.4 Å². The van der Waals surface area contributed by atoms with Crippen LogP contribution in [0.3, 0.4) is 0 Å². The molecule has 0 aliphatic carbocycles. The van der Waals surface area contributed by atoms with Crippen LogP contribution in [0, 0.1) is 0 Å². The van der Waals surface area contributed by atoms with Crippen LogP contribution in [0.2, 0.25) is 10.0 Å². The molecule has 0 aliphatic heterocycles. The summed E-state index contributed by atoms with van der Waals surface area (Å²) in [5.41, 5.74) is 0.988. The first-order chi connectivity index (χ1) is 12.0. The number of carbonyl (C=O) groups is 1. The molecule has 2 N–H and O–H groups in total. The smallest absolute Gasteiger partial charge is 0.239 e. The molecule has 0 atom stereocenters. The van der Waals surface area contributed by atoms with Gasteiger partial charge in [0.1, 0.15) is 5.76 Å². The molecule has 1 aromatic carbocycles. The van der Waals surface area contributed by atoms with Crippen molar-refractivity contribution < 1.29 is 9.21 Å². The summed E-state index contributed by atoms with van der Waals surface area (Å²) in [6, 6.07) is 9.04. The van der Waals surface area contributed by atoms with E-state index in [0.717, 1.165) is 5.56 Å². The van der Waals surface area contributed by atoms with Crippen molar-refractivity contribution in [1.29, 1.82) is 0 Å². The molecule has 0 bridgehead atoms. The molecular formula is C17H21Cl2IN4O2. The van der Waals surface area contributed by atoms with Crippen LogP contribution in [-0.4, -0.2) is 37.4 Å². The Kier molecular flexibility index (Phi) is 9.82. The number of furan rings is 1. The molecule has 1 aromatic heterocycles. The van der Waals surface area contributed by atoms with Gasteiger partial charge >= 0.3 is 0 Å². The van der Waals surface area contributed by atoms with E-state index < -0.39 is 0 Å². The molecule has 0 saturated carbocycles. The summed E-state index contributed by atoms with van der Waals surface area (Å²) in [6.07, 6.45) is 1.57. The summed E-state index contributed by atoms with van der Waals surface area (Å²) >= 11 is 12.0. The molecule has 1 amide bonds. The quantitative estimate of drug-likeness (QED) is 0.354. The Balaban J connectivity index is 0.00000338. The maximum atomic E-state index is 11.9. The second kappa shape index (κ2) is 11.3. The summed E-state index contributed by atoms with van der Waals surface area (Å²) in [7, 11) is 3.53. The lowest BCUT2D eigenvalue weighted by atomic mass is 10.2. The van der Waals surface area contributed by atoms with Gasteiger partial charge in [-0.1, -0.05) is 29.3 Å². The van der Waals surface area contributed by atoms with E-state index >= 15 is 0 Å². The lowest BCUT2D eigenvalue weighted by Gasteiger charge is -2.22. The Morgan fingerprint density at radius 1 is 1.23 bits per heavy atom. The SMILES string of the molecule is CN=C(NCC(=O)NCc1ccco1)N(C)Cc1ccc(Cl)c(Cl)c1.I. The van der Waals surface area contributed by atoms with Gasteiger partial charge in [0.25, 0.3) is 0 Å². The van der Waals surface area contributed by atoms with Gasteiger partial charge in [-0.25, -0.2) is 0 Å². The molecular weight excluding hydrogens is 490 g/mol. The van der Waals surface area contributed by atoms with Crippen molar-refractivity contribution in [2.24, 2.45) is 4.99 Å². The minimum atomic E-state index is -0.152. The fourth-order valence-corrected chi connectivity index (χ4v) is 2.51. The summed E-state index contributed by atoms with van der Waals surface area (Å²) in [6.45, 7) is 1.04. The van der Waals surface area contributed by atoms with Crippen LogP contribution in [0.15, 0.2) is 46.0 Å². The van der Waals surface area contributed by atoms with Crippen molar-refractivity contribution in [2.75, 3.05) is 20.6 Å². The normalized spacial score (nSPS) is 10.8. The fraction of sp³-hybridized carbons (Fsp3) is 0.294. The zero-order valence-electron chi connectivity index (χ0n) is 14.5. The number of halogens is 3. The molecule has 0 radical (unpaired) electrons. The predicted octanol–water partition coefficient (Wildman–Crippen LogP) is 3.53. The highest BCUT2D eigenvalue weighted by molar-refractivity contribution is 14.0. The number of benzene rings is 1. The Morgan fingerprint density at radius 3 is 2.62 bits per heavy atom. The minimum Gasteiger partial charge on any atom is -0.467 e. The molecule has 2 aromatic rings. The third-order valence-electron chi connectivity index (χ3n) is 3.42. The van der Waals surface area contributed by atoms with Crippen LogP contribution in [0.25, 0.3) is 0 Å². The maximum Gasteiger partial charge on any atom is 0.239 e. The molecule has 0 aliphatic rings. The van der Waals surface area contributed by atoms with Crippen LogP contribution in [0.1, 0.15) is 11.3 Å². The number of nitrogens with zero attached hydrogens (tertiary/aromatic N) is 2. The monoisotopic (exact) mass is 510 g/mol. The van der Waals surface area contributed by atoms with Gasteiger partial charge in [0.05, 0.1) is 29.4 Å². The van der Waals surface area contributed by atoms with E-state index in [4.69, 9.17) is 27.6 Å². The third kappa shape index (κ3) is 7.05. The largest absolute Gasteiger partial charge is 0.467 e. The lowest BCUT2D eigenvalue weighted by Crippen LogP contribution is -2.43. The molecule has 2 rings (SSSR count). The first-order valence-electron chi connectivity index (χ1n) is 7.64. The maximum absolute atomic E-state index is 11.9. The van der Waals surface area contributed by atoms with Crippen LogP contribution in [0.4, 0.5) is 0 Å². The number of carbonyl (C=O) groups excluding carboxylic acids is 1. The van der Waals surface area contributed by atoms with Gasteiger partial charge in [-0.3, -0.25) is 9.79 Å². The molecule has 0 unspecified atom stereocenters. The van der Waals surface area contributed by atoms with E-state index in [1.807, 2.05) is 24.1 Å². The van der Waals surface area contributed by atoms with Crippen LogP contribution < -0.4 is 10.6 Å². The summed E-state index contributed by atoms with van der Waals surface area (Å²) < 4.78 is 5.17. The molecule has 6 nitrogen and oxygen atoms in total. The molecule has 0 saturated heterocycles. The summed E-state index contributed by atoms with van der Waals surface area (Å²) in [4.78, 5) is 18.0. The first-order valence-corrected chi connectivity index (χ1v) is 8.40. The number of nitrogens with one attached hydrogen (secondary N) is 2.